The van der Waals surface area contributed by atoms with E-state index in [1.54, 1.807) is 49.6 Å². The van der Waals surface area contributed by atoms with Crippen LogP contribution in [0.5, 0.6) is 23.0 Å². The third-order valence-corrected chi connectivity index (χ3v) is 7.51. The molecule has 0 aromatic heterocycles. The fourth-order valence-electron chi connectivity index (χ4n) is 5.69. The molecule has 39 heavy (non-hydrogen) atoms. The SMILES string of the molecule is COc1ccc(C2(c3ccc(O)cc3)c3cc(O)ccc3-c3ccc(C)c(C#Cc4ccc(O)cc4)c32)cc1. The summed E-state index contributed by atoms with van der Waals surface area (Å²) in [6, 6.07) is 31.8. The molecule has 5 aromatic rings. The van der Waals surface area contributed by atoms with Crippen molar-refractivity contribution in [2.75, 3.05) is 7.11 Å². The Bertz CT molecular complexity index is 1760. The first-order valence-corrected chi connectivity index (χ1v) is 12.6. The Kier molecular flexibility index (Phi) is 5.78. The molecule has 190 valence electrons. The first-order chi connectivity index (χ1) is 18.9. The highest BCUT2D eigenvalue weighted by Gasteiger charge is 2.48. The molecule has 6 rings (SSSR count). The first-order valence-electron chi connectivity index (χ1n) is 12.6. The Hall–Kier alpha value is -5.14. The van der Waals surface area contributed by atoms with Crippen molar-refractivity contribution < 1.29 is 20.1 Å². The lowest BCUT2D eigenvalue weighted by molar-refractivity contribution is 0.414. The normalized spacial score (nSPS) is 15.1. The number of hydrogen-bond donors (Lipinski definition) is 3. The molecular formula is C35H26O4. The number of aromatic hydroxyl groups is 3. The monoisotopic (exact) mass is 510 g/mol. The van der Waals surface area contributed by atoms with Crippen molar-refractivity contribution in [1.29, 1.82) is 0 Å². The van der Waals surface area contributed by atoms with Gasteiger partial charge in [-0.15, -0.1) is 0 Å². The number of aryl methyl sites for hydroxylation is 1. The summed E-state index contributed by atoms with van der Waals surface area (Å²) in [6.45, 7) is 2.05. The van der Waals surface area contributed by atoms with E-state index in [0.717, 1.165) is 55.8 Å². The molecule has 1 atom stereocenters. The van der Waals surface area contributed by atoms with Gasteiger partial charge in [0.1, 0.15) is 23.0 Å². The van der Waals surface area contributed by atoms with Crippen LogP contribution >= 0.6 is 0 Å². The lowest BCUT2D eigenvalue weighted by atomic mass is 9.66. The van der Waals surface area contributed by atoms with Gasteiger partial charge in [-0.2, -0.15) is 0 Å². The van der Waals surface area contributed by atoms with Gasteiger partial charge in [-0.3, -0.25) is 0 Å². The van der Waals surface area contributed by atoms with E-state index in [2.05, 4.69) is 30.9 Å². The van der Waals surface area contributed by atoms with E-state index >= 15 is 0 Å². The minimum Gasteiger partial charge on any atom is -0.508 e. The molecule has 5 aromatic carbocycles. The van der Waals surface area contributed by atoms with Crippen LogP contribution in [0.4, 0.5) is 0 Å². The summed E-state index contributed by atoms with van der Waals surface area (Å²) < 4.78 is 5.47. The minimum absolute atomic E-state index is 0.173. The van der Waals surface area contributed by atoms with Crippen LogP contribution in [0, 0.1) is 18.8 Å². The van der Waals surface area contributed by atoms with Crippen LogP contribution < -0.4 is 4.74 Å². The quantitative estimate of drug-likeness (QED) is 0.227. The maximum absolute atomic E-state index is 10.7. The van der Waals surface area contributed by atoms with Crippen LogP contribution in [0.3, 0.4) is 0 Å². The molecule has 1 aliphatic carbocycles. The van der Waals surface area contributed by atoms with Crippen molar-refractivity contribution in [3.8, 4) is 46.0 Å². The Morgan fingerprint density at radius 1 is 0.615 bits per heavy atom. The van der Waals surface area contributed by atoms with E-state index in [1.807, 2.05) is 48.5 Å². The predicted octanol–water partition coefficient (Wildman–Crippen LogP) is 6.88. The first kappa shape index (κ1) is 24.2. The fraction of sp³-hybridized carbons (Fsp3) is 0.0857. The zero-order valence-corrected chi connectivity index (χ0v) is 21.6. The average molecular weight is 511 g/mol. The smallest absolute Gasteiger partial charge is 0.118 e. The molecule has 1 unspecified atom stereocenters. The number of phenols is 3. The zero-order chi connectivity index (χ0) is 27.1. The highest BCUT2D eigenvalue weighted by atomic mass is 16.5. The summed E-state index contributed by atoms with van der Waals surface area (Å²) in [5.41, 5.74) is 7.80. The van der Waals surface area contributed by atoms with Crippen LogP contribution in [0.15, 0.2) is 103 Å². The molecule has 0 amide bonds. The number of rotatable bonds is 3. The predicted molar refractivity (Wildman–Crippen MR) is 152 cm³/mol. The number of phenolic OH excluding ortho intramolecular Hbond substituents is 3. The van der Waals surface area contributed by atoms with Gasteiger partial charge in [0.25, 0.3) is 0 Å². The molecule has 4 nitrogen and oxygen atoms in total. The topological polar surface area (TPSA) is 69.9 Å². The van der Waals surface area contributed by atoms with Gasteiger partial charge >= 0.3 is 0 Å². The van der Waals surface area contributed by atoms with E-state index in [0.29, 0.717) is 0 Å². The molecule has 0 radical (unpaired) electrons. The molecule has 0 heterocycles. The molecule has 0 saturated heterocycles. The fourth-order valence-corrected chi connectivity index (χ4v) is 5.69. The van der Waals surface area contributed by atoms with E-state index in [1.165, 1.54) is 0 Å². The van der Waals surface area contributed by atoms with E-state index in [9.17, 15) is 15.3 Å². The molecule has 0 spiro atoms. The number of benzene rings is 5. The molecule has 0 fully saturated rings. The summed E-state index contributed by atoms with van der Waals surface area (Å²) in [5.74, 6) is 8.04. The van der Waals surface area contributed by atoms with Crippen molar-refractivity contribution in [2.45, 2.75) is 12.3 Å². The van der Waals surface area contributed by atoms with Gasteiger partial charge in [0.05, 0.1) is 12.5 Å². The van der Waals surface area contributed by atoms with Crippen molar-refractivity contribution in [1.82, 2.24) is 0 Å². The van der Waals surface area contributed by atoms with Crippen LogP contribution in [0.2, 0.25) is 0 Å². The molecule has 0 saturated carbocycles. The summed E-state index contributed by atoms with van der Waals surface area (Å²) in [6.07, 6.45) is 0. The zero-order valence-electron chi connectivity index (χ0n) is 21.6. The second-order valence-electron chi connectivity index (χ2n) is 9.73. The standard InChI is InChI=1S/C35H26O4/c1-22-3-18-32-31-20-15-28(38)21-33(31)35(24-7-13-27(37)14-8-24,25-9-16-29(39-2)17-10-25)34(32)30(22)19-6-23-4-11-26(36)12-5-23/h3-5,7-18,20-21,36-38H,1-2H3. The molecule has 3 N–H and O–H groups in total. The van der Waals surface area contributed by atoms with Crippen LogP contribution in [-0.2, 0) is 5.41 Å². The Labute approximate surface area is 227 Å². The number of ether oxygens (including phenoxy) is 1. The summed E-state index contributed by atoms with van der Waals surface area (Å²) in [5, 5.41) is 30.6. The maximum Gasteiger partial charge on any atom is 0.118 e. The van der Waals surface area contributed by atoms with Gasteiger partial charge in [0.2, 0.25) is 0 Å². The molecule has 1 aliphatic rings. The largest absolute Gasteiger partial charge is 0.508 e. The number of methoxy groups -OCH3 is 1. The van der Waals surface area contributed by atoms with Crippen LogP contribution in [0.25, 0.3) is 11.1 Å². The second-order valence-corrected chi connectivity index (χ2v) is 9.73. The molecular weight excluding hydrogens is 484 g/mol. The van der Waals surface area contributed by atoms with Crippen molar-refractivity contribution >= 4 is 0 Å². The second kappa shape index (κ2) is 9.31. The highest BCUT2D eigenvalue weighted by Crippen LogP contribution is 2.58. The van der Waals surface area contributed by atoms with Crippen LogP contribution in [0.1, 0.15) is 38.9 Å². The summed E-state index contributed by atoms with van der Waals surface area (Å²) >= 11 is 0. The maximum atomic E-state index is 10.7. The minimum atomic E-state index is -0.825. The van der Waals surface area contributed by atoms with E-state index in [4.69, 9.17) is 4.74 Å². The third kappa shape index (κ3) is 3.88. The van der Waals surface area contributed by atoms with Gasteiger partial charge < -0.3 is 20.1 Å². The lowest BCUT2D eigenvalue weighted by Crippen LogP contribution is -2.29. The van der Waals surface area contributed by atoms with Gasteiger partial charge in [-0.25, -0.2) is 0 Å². The van der Waals surface area contributed by atoms with Crippen molar-refractivity contribution in [3.05, 3.63) is 142 Å². The molecule has 0 bridgehead atoms. The Morgan fingerprint density at radius 2 is 1.18 bits per heavy atom. The van der Waals surface area contributed by atoms with Gasteiger partial charge in [0, 0.05) is 11.1 Å². The third-order valence-electron chi connectivity index (χ3n) is 7.51. The van der Waals surface area contributed by atoms with Crippen LogP contribution in [-0.4, -0.2) is 22.4 Å². The lowest BCUT2D eigenvalue weighted by Gasteiger charge is -2.35. The number of hydrogen-bond acceptors (Lipinski definition) is 4. The highest BCUT2D eigenvalue weighted by molar-refractivity contribution is 5.89. The summed E-state index contributed by atoms with van der Waals surface area (Å²) in [4.78, 5) is 0. The average Bonchev–Trinajstić information content (AvgIpc) is 3.24. The number of fused-ring (bicyclic) bond motifs is 3. The Morgan fingerprint density at radius 3 is 1.82 bits per heavy atom. The molecule has 4 heteroatoms. The molecule has 0 aliphatic heterocycles. The Balaban J connectivity index is 1.74. The summed E-state index contributed by atoms with van der Waals surface area (Å²) in [7, 11) is 1.64. The van der Waals surface area contributed by atoms with Gasteiger partial charge in [-0.1, -0.05) is 54.3 Å². The van der Waals surface area contributed by atoms with Gasteiger partial charge in [0.15, 0.2) is 0 Å². The van der Waals surface area contributed by atoms with Gasteiger partial charge in [-0.05, 0) is 107 Å². The van der Waals surface area contributed by atoms with E-state index in [-0.39, 0.29) is 17.2 Å². The van der Waals surface area contributed by atoms with Crippen molar-refractivity contribution in [3.63, 3.8) is 0 Å². The van der Waals surface area contributed by atoms with E-state index < -0.39 is 5.41 Å². The van der Waals surface area contributed by atoms with Crippen molar-refractivity contribution in [2.24, 2.45) is 0 Å².